The van der Waals surface area contributed by atoms with E-state index in [1.165, 1.54) is 11.3 Å². The van der Waals surface area contributed by atoms with Crippen LogP contribution in [0.4, 0.5) is 0 Å². The highest BCUT2D eigenvalue weighted by Crippen LogP contribution is 2.25. The molecular weight excluding hydrogens is 320 g/mol. The van der Waals surface area contributed by atoms with Crippen molar-refractivity contribution in [3.05, 3.63) is 64.9 Å². The number of ether oxygens (including phenoxy) is 1. The van der Waals surface area contributed by atoms with Gasteiger partial charge in [0, 0.05) is 38.4 Å². The summed E-state index contributed by atoms with van der Waals surface area (Å²) >= 11 is 1.76. The van der Waals surface area contributed by atoms with Crippen LogP contribution >= 0.6 is 11.3 Å². The minimum Gasteiger partial charge on any atom is -0.492 e. The summed E-state index contributed by atoms with van der Waals surface area (Å²) in [5.74, 6) is 0.823. The quantitative estimate of drug-likeness (QED) is 0.690. The van der Waals surface area contributed by atoms with Crippen molar-refractivity contribution in [2.45, 2.75) is 25.6 Å². The molecule has 1 aliphatic rings. The first kappa shape index (κ1) is 15.4. The van der Waals surface area contributed by atoms with E-state index in [-0.39, 0.29) is 0 Å². The Morgan fingerprint density at radius 1 is 1.25 bits per heavy atom. The van der Waals surface area contributed by atoms with Crippen LogP contribution in [0.15, 0.2) is 53.6 Å². The Balaban J connectivity index is 1.40. The molecule has 5 nitrogen and oxygen atoms in total. The molecule has 1 aliphatic heterocycles. The van der Waals surface area contributed by atoms with E-state index in [1.807, 2.05) is 18.3 Å². The standard InChI is InChI=1S/C18H20N4OS/c1-2-18(10-19-6-1)23-8-4-17-13-21(11-15-5-9-24-14-15)12-16-3-7-20-22(16)17/h1-3,5-7,9-10,14,17H,4,8,11-13H2/t17-/m0/s1. The fourth-order valence-corrected chi connectivity index (χ4v) is 3.84. The largest absolute Gasteiger partial charge is 0.492 e. The normalized spacial score (nSPS) is 17.6. The Morgan fingerprint density at radius 3 is 3.08 bits per heavy atom. The van der Waals surface area contributed by atoms with Crippen molar-refractivity contribution >= 4 is 11.3 Å². The van der Waals surface area contributed by atoms with E-state index >= 15 is 0 Å². The summed E-state index contributed by atoms with van der Waals surface area (Å²) < 4.78 is 7.98. The number of hydrogen-bond donors (Lipinski definition) is 0. The summed E-state index contributed by atoms with van der Waals surface area (Å²) in [6.45, 7) is 3.62. The third-order valence-electron chi connectivity index (χ3n) is 4.29. The first-order valence-corrected chi connectivity index (χ1v) is 9.11. The molecule has 0 bridgehead atoms. The lowest BCUT2D eigenvalue weighted by atomic mass is 10.1. The maximum Gasteiger partial charge on any atom is 0.137 e. The van der Waals surface area contributed by atoms with Crippen LogP contribution in [0, 0.1) is 0 Å². The Labute approximate surface area is 145 Å². The number of hydrogen-bond acceptors (Lipinski definition) is 5. The van der Waals surface area contributed by atoms with Gasteiger partial charge in [0.05, 0.1) is 24.5 Å². The first-order chi connectivity index (χ1) is 11.9. The molecule has 24 heavy (non-hydrogen) atoms. The van der Waals surface area contributed by atoms with Gasteiger partial charge in [-0.15, -0.1) is 0 Å². The van der Waals surface area contributed by atoms with Crippen molar-refractivity contribution in [2.24, 2.45) is 0 Å². The molecule has 0 spiro atoms. The highest BCUT2D eigenvalue weighted by molar-refractivity contribution is 7.07. The highest BCUT2D eigenvalue weighted by atomic mass is 32.1. The van der Waals surface area contributed by atoms with Gasteiger partial charge in [-0.2, -0.15) is 16.4 Å². The second-order valence-electron chi connectivity index (χ2n) is 6.05. The van der Waals surface area contributed by atoms with Gasteiger partial charge in [0.2, 0.25) is 0 Å². The average Bonchev–Trinajstić information content (AvgIpc) is 3.27. The lowest BCUT2D eigenvalue weighted by Crippen LogP contribution is -2.37. The number of pyridine rings is 1. The Morgan fingerprint density at radius 2 is 2.25 bits per heavy atom. The van der Waals surface area contributed by atoms with Crippen LogP contribution in [0.25, 0.3) is 0 Å². The molecule has 3 aromatic heterocycles. The van der Waals surface area contributed by atoms with Gasteiger partial charge >= 0.3 is 0 Å². The molecule has 0 radical (unpaired) electrons. The molecule has 1 atom stereocenters. The number of rotatable bonds is 6. The molecule has 0 aromatic carbocycles. The second-order valence-corrected chi connectivity index (χ2v) is 6.83. The average molecular weight is 340 g/mol. The van der Waals surface area contributed by atoms with E-state index in [2.05, 4.69) is 42.6 Å². The van der Waals surface area contributed by atoms with Crippen molar-refractivity contribution in [3.8, 4) is 5.75 Å². The van der Waals surface area contributed by atoms with Crippen LogP contribution < -0.4 is 4.74 Å². The topological polar surface area (TPSA) is 43.2 Å². The molecule has 6 heteroatoms. The summed E-state index contributed by atoms with van der Waals surface area (Å²) in [7, 11) is 0. The Bertz CT molecular complexity index is 756. The number of nitrogens with zero attached hydrogens (tertiary/aromatic N) is 4. The minimum atomic E-state index is 0.346. The minimum absolute atomic E-state index is 0.346. The van der Waals surface area contributed by atoms with Gasteiger partial charge in [-0.3, -0.25) is 14.6 Å². The summed E-state index contributed by atoms with van der Waals surface area (Å²) in [6, 6.07) is 8.51. The smallest absolute Gasteiger partial charge is 0.137 e. The van der Waals surface area contributed by atoms with E-state index in [0.29, 0.717) is 12.6 Å². The van der Waals surface area contributed by atoms with Gasteiger partial charge in [-0.05, 0) is 40.6 Å². The summed E-state index contributed by atoms with van der Waals surface area (Å²) in [5, 5.41) is 8.89. The number of thiophene rings is 1. The number of fused-ring (bicyclic) bond motifs is 1. The monoisotopic (exact) mass is 340 g/mol. The third-order valence-corrected chi connectivity index (χ3v) is 5.03. The van der Waals surface area contributed by atoms with Crippen molar-refractivity contribution in [2.75, 3.05) is 13.2 Å². The zero-order valence-electron chi connectivity index (χ0n) is 13.4. The maximum atomic E-state index is 5.82. The van der Waals surface area contributed by atoms with E-state index < -0.39 is 0 Å². The number of aromatic nitrogens is 3. The van der Waals surface area contributed by atoms with E-state index in [9.17, 15) is 0 Å². The molecule has 0 fully saturated rings. The van der Waals surface area contributed by atoms with Crippen molar-refractivity contribution in [1.82, 2.24) is 19.7 Å². The van der Waals surface area contributed by atoms with Gasteiger partial charge in [0.25, 0.3) is 0 Å². The molecule has 0 saturated heterocycles. The molecular formula is C18H20N4OS. The first-order valence-electron chi connectivity index (χ1n) is 8.17. The lowest BCUT2D eigenvalue weighted by molar-refractivity contribution is 0.147. The maximum absolute atomic E-state index is 5.82. The predicted octanol–water partition coefficient (Wildman–Crippen LogP) is 3.37. The zero-order chi connectivity index (χ0) is 16.2. The fraction of sp³-hybridized carbons (Fsp3) is 0.333. The van der Waals surface area contributed by atoms with Crippen LogP contribution in [-0.4, -0.2) is 32.8 Å². The molecule has 0 saturated carbocycles. The van der Waals surface area contributed by atoms with Crippen LogP contribution in [0.5, 0.6) is 5.75 Å². The van der Waals surface area contributed by atoms with Crippen LogP contribution in [-0.2, 0) is 13.1 Å². The lowest BCUT2D eigenvalue weighted by Gasteiger charge is -2.33. The third kappa shape index (κ3) is 3.49. The van der Waals surface area contributed by atoms with Gasteiger partial charge < -0.3 is 4.74 Å². The summed E-state index contributed by atoms with van der Waals surface area (Å²) in [6.07, 6.45) is 6.34. The summed E-state index contributed by atoms with van der Waals surface area (Å²) in [4.78, 5) is 6.58. The van der Waals surface area contributed by atoms with Gasteiger partial charge in [0.1, 0.15) is 5.75 Å². The molecule has 4 heterocycles. The molecule has 0 N–H and O–H groups in total. The van der Waals surface area contributed by atoms with Gasteiger partial charge in [0.15, 0.2) is 0 Å². The van der Waals surface area contributed by atoms with Crippen LogP contribution in [0.2, 0.25) is 0 Å². The molecule has 0 amide bonds. The molecule has 4 rings (SSSR count). The molecule has 0 unspecified atom stereocenters. The van der Waals surface area contributed by atoms with Crippen LogP contribution in [0.3, 0.4) is 0 Å². The predicted molar refractivity (Wildman–Crippen MR) is 94.0 cm³/mol. The van der Waals surface area contributed by atoms with Crippen molar-refractivity contribution < 1.29 is 4.74 Å². The Hall–Kier alpha value is -2.18. The van der Waals surface area contributed by atoms with Crippen molar-refractivity contribution in [1.29, 1.82) is 0 Å². The fourth-order valence-electron chi connectivity index (χ4n) is 3.18. The zero-order valence-corrected chi connectivity index (χ0v) is 14.2. The van der Waals surface area contributed by atoms with Gasteiger partial charge in [-0.1, -0.05) is 0 Å². The van der Waals surface area contributed by atoms with Crippen LogP contribution in [0.1, 0.15) is 23.7 Å². The van der Waals surface area contributed by atoms with Gasteiger partial charge in [-0.25, -0.2) is 0 Å². The SMILES string of the molecule is c1cncc(OCC[C@H]2CN(Cc3ccsc3)Cc3ccnn32)c1. The molecule has 3 aromatic rings. The highest BCUT2D eigenvalue weighted by Gasteiger charge is 2.25. The second kappa shape index (κ2) is 7.15. The van der Waals surface area contributed by atoms with E-state index in [1.54, 1.807) is 23.7 Å². The molecule has 0 aliphatic carbocycles. The van der Waals surface area contributed by atoms with E-state index in [0.717, 1.165) is 31.8 Å². The Kier molecular flexibility index (Phi) is 4.57. The van der Waals surface area contributed by atoms with Crippen molar-refractivity contribution in [3.63, 3.8) is 0 Å². The van der Waals surface area contributed by atoms with E-state index in [4.69, 9.17) is 4.74 Å². The summed E-state index contributed by atoms with van der Waals surface area (Å²) in [5.41, 5.74) is 2.67. The molecule has 124 valence electrons.